The van der Waals surface area contributed by atoms with Crippen molar-refractivity contribution in [2.75, 3.05) is 6.61 Å². The fourth-order valence-corrected chi connectivity index (χ4v) is 1.17. The van der Waals surface area contributed by atoms with Gasteiger partial charge < -0.3 is 4.74 Å². The first-order valence-corrected chi connectivity index (χ1v) is 4.56. The quantitative estimate of drug-likeness (QED) is 0.694. The van der Waals surface area contributed by atoms with Gasteiger partial charge in [0, 0.05) is 11.5 Å². The van der Waals surface area contributed by atoms with E-state index >= 15 is 0 Å². The van der Waals surface area contributed by atoms with E-state index in [9.17, 15) is 4.39 Å². The molecule has 1 aromatic carbocycles. The first-order valence-electron chi connectivity index (χ1n) is 4.56. The topological polar surface area (TPSA) is 9.23 Å². The van der Waals surface area contributed by atoms with Gasteiger partial charge in [0.15, 0.2) is 0 Å². The van der Waals surface area contributed by atoms with Crippen LogP contribution in [-0.4, -0.2) is 6.61 Å². The van der Waals surface area contributed by atoms with Gasteiger partial charge in [-0.2, -0.15) is 0 Å². The zero-order valence-corrected chi connectivity index (χ0v) is 7.72. The summed E-state index contributed by atoms with van der Waals surface area (Å²) in [7, 11) is 0. The summed E-state index contributed by atoms with van der Waals surface area (Å²) in [4.78, 5) is 0. The number of ether oxygens (including phenoxy) is 1. The van der Waals surface area contributed by atoms with Crippen molar-refractivity contribution >= 4 is 0 Å². The van der Waals surface area contributed by atoms with Crippen LogP contribution in [-0.2, 0) is 0 Å². The average molecular weight is 180 g/mol. The minimum Gasteiger partial charge on any atom is -0.493 e. The number of benzene rings is 1. The predicted molar refractivity (Wildman–Crippen MR) is 49.2 cm³/mol. The van der Waals surface area contributed by atoms with E-state index in [4.69, 9.17) is 4.74 Å². The molecule has 1 aliphatic carbocycles. The average Bonchev–Trinajstić information content (AvgIpc) is 2.82. The summed E-state index contributed by atoms with van der Waals surface area (Å²) >= 11 is 0. The van der Waals surface area contributed by atoms with E-state index in [2.05, 4.69) is 6.92 Å². The molecule has 1 aromatic rings. The molecule has 0 bridgehead atoms. The lowest BCUT2D eigenvalue weighted by Crippen LogP contribution is -2.08. The van der Waals surface area contributed by atoms with Crippen LogP contribution in [0.2, 0.25) is 0 Å². The first-order chi connectivity index (χ1) is 6.18. The Labute approximate surface area is 77.5 Å². The second kappa shape index (κ2) is 3.02. The van der Waals surface area contributed by atoms with Crippen molar-refractivity contribution in [2.45, 2.75) is 19.8 Å². The Balaban J connectivity index is 1.94. The van der Waals surface area contributed by atoms with Gasteiger partial charge in [0.05, 0.1) is 6.61 Å². The van der Waals surface area contributed by atoms with Crippen molar-refractivity contribution in [1.82, 2.24) is 0 Å². The van der Waals surface area contributed by atoms with Crippen molar-refractivity contribution in [1.29, 1.82) is 0 Å². The lowest BCUT2D eigenvalue weighted by Gasteiger charge is -2.10. The maximum absolute atomic E-state index is 12.7. The van der Waals surface area contributed by atoms with Gasteiger partial charge in [-0.25, -0.2) is 4.39 Å². The van der Waals surface area contributed by atoms with Crippen LogP contribution in [0.1, 0.15) is 19.8 Å². The minimum absolute atomic E-state index is 0.238. The maximum Gasteiger partial charge on any atom is 0.126 e. The molecule has 0 N–H and O–H groups in total. The summed E-state index contributed by atoms with van der Waals surface area (Å²) in [6.45, 7) is 2.89. The van der Waals surface area contributed by atoms with Crippen LogP contribution in [0.4, 0.5) is 4.39 Å². The predicted octanol–water partition coefficient (Wildman–Crippen LogP) is 3.00. The van der Waals surface area contributed by atoms with E-state index in [1.54, 1.807) is 12.1 Å². The molecule has 0 saturated heterocycles. The second-order valence-electron chi connectivity index (χ2n) is 4.06. The van der Waals surface area contributed by atoms with Crippen LogP contribution in [0.15, 0.2) is 24.3 Å². The van der Waals surface area contributed by atoms with Crippen molar-refractivity contribution < 1.29 is 9.13 Å². The first kappa shape index (κ1) is 8.54. The number of rotatable bonds is 3. The third-order valence-electron chi connectivity index (χ3n) is 2.49. The third-order valence-corrected chi connectivity index (χ3v) is 2.49. The van der Waals surface area contributed by atoms with Crippen LogP contribution in [0.3, 0.4) is 0 Å². The summed E-state index contributed by atoms with van der Waals surface area (Å²) in [5.41, 5.74) is 0.353. The monoisotopic (exact) mass is 180 g/mol. The normalized spacial score (nSPS) is 18.3. The highest BCUT2D eigenvalue weighted by molar-refractivity contribution is 5.22. The summed E-state index contributed by atoms with van der Waals surface area (Å²) in [5, 5.41) is 0. The van der Waals surface area contributed by atoms with E-state index in [0.29, 0.717) is 17.8 Å². The molecule has 0 aliphatic heterocycles. The molecule has 13 heavy (non-hydrogen) atoms. The Morgan fingerprint density at radius 1 is 1.46 bits per heavy atom. The van der Waals surface area contributed by atoms with Crippen molar-refractivity contribution in [3.05, 3.63) is 30.1 Å². The van der Waals surface area contributed by atoms with E-state index in [-0.39, 0.29) is 5.82 Å². The van der Waals surface area contributed by atoms with Gasteiger partial charge in [0.25, 0.3) is 0 Å². The standard InChI is InChI=1S/C11H13FO/c1-11(5-6-11)8-13-10-4-2-3-9(12)7-10/h2-4,7H,5-6,8H2,1H3. The van der Waals surface area contributed by atoms with Gasteiger partial charge in [0.2, 0.25) is 0 Å². The molecule has 0 heterocycles. The lowest BCUT2D eigenvalue weighted by molar-refractivity contribution is 0.246. The highest BCUT2D eigenvalue weighted by atomic mass is 19.1. The molecule has 0 aromatic heterocycles. The summed E-state index contributed by atoms with van der Waals surface area (Å²) in [6, 6.07) is 6.30. The highest BCUT2D eigenvalue weighted by Crippen LogP contribution is 2.45. The lowest BCUT2D eigenvalue weighted by atomic mass is 10.2. The van der Waals surface area contributed by atoms with Crippen molar-refractivity contribution in [3.8, 4) is 5.75 Å². The zero-order valence-electron chi connectivity index (χ0n) is 7.72. The Morgan fingerprint density at radius 2 is 2.23 bits per heavy atom. The molecule has 0 spiro atoms. The molecule has 1 saturated carbocycles. The van der Waals surface area contributed by atoms with Gasteiger partial charge in [0.1, 0.15) is 11.6 Å². The smallest absolute Gasteiger partial charge is 0.126 e. The van der Waals surface area contributed by atoms with E-state index in [0.717, 1.165) is 0 Å². The Bertz CT molecular complexity index is 305. The second-order valence-corrected chi connectivity index (χ2v) is 4.06. The largest absolute Gasteiger partial charge is 0.493 e. The van der Waals surface area contributed by atoms with Gasteiger partial charge >= 0.3 is 0 Å². The van der Waals surface area contributed by atoms with Gasteiger partial charge in [-0.1, -0.05) is 13.0 Å². The molecule has 2 heteroatoms. The maximum atomic E-state index is 12.7. The highest BCUT2D eigenvalue weighted by Gasteiger charge is 2.38. The van der Waals surface area contributed by atoms with E-state index in [1.165, 1.54) is 25.0 Å². The van der Waals surface area contributed by atoms with Gasteiger partial charge in [-0.15, -0.1) is 0 Å². The van der Waals surface area contributed by atoms with Crippen molar-refractivity contribution in [2.24, 2.45) is 5.41 Å². The number of halogens is 1. The summed E-state index contributed by atoms with van der Waals surface area (Å²) in [5.74, 6) is 0.395. The van der Waals surface area contributed by atoms with Gasteiger partial charge in [-0.3, -0.25) is 0 Å². The fraction of sp³-hybridized carbons (Fsp3) is 0.455. The van der Waals surface area contributed by atoms with Crippen LogP contribution in [0.25, 0.3) is 0 Å². The van der Waals surface area contributed by atoms with Crippen LogP contribution in [0.5, 0.6) is 5.75 Å². The van der Waals surface area contributed by atoms with Crippen LogP contribution in [0, 0.1) is 11.2 Å². The molecule has 0 atom stereocenters. The molecule has 2 rings (SSSR count). The molecule has 70 valence electrons. The molecule has 1 aliphatic rings. The SMILES string of the molecule is CC1(COc2cccc(F)c2)CC1. The Kier molecular flexibility index (Phi) is 1.98. The molecular weight excluding hydrogens is 167 g/mol. The third kappa shape index (κ3) is 2.20. The number of hydrogen-bond donors (Lipinski definition) is 0. The molecule has 1 fully saturated rings. The molecule has 0 unspecified atom stereocenters. The fourth-order valence-electron chi connectivity index (χ4n) is 1.17. The molecular formula is C11H13FO. The van der Waals surface area contributed by atoms with E-state index in [1.807, 2.05) is 0 Å². The van der Waals surface area contributed by atoms with Crippen molar-refractivity contribution in [3.63, 3.8) is 0 Å². The molecule has 1 nitrogen and oxygen atoms in total. The molecule has 0 radical (unpaired) electrons. The van der Waals surface area contributed by atoms with Crippen LogP contribution >= 0.6 is 0 Å². The van der Waals surface area contributed by atoms with Gasteiger partial charge in [-0.05, 0) is 25.0 Å². The van der Waals surface area contributed by atoms with E-state index < -0.39 is 0 Å². The minimum atomic E-state index is -0.238. The molecule has 0 amide bonds. The summed E-state index contributed by atoms with van der Waals surface area (Å²) in [6.07, 6.45) is 2.45. The Hall–Kier alpha value is -1.05. The Morgan fingerprint density at radius 3 is 2.85 bits per heavy atom. The summed E-state index contributed by atoms with van der Waals surface area (Å²) < 4.78 is 18.2. The zero-order chi connectivity index (χ0) is 9.31. The van der Waals surface area contributed by atoms with Crippen LogP contribution < -0.4 is 4.74 Å². The number of hydrogen-bond acceptors (Lipinski definition) is 1.